The van der Waals surface area contributed by atoms with E-state index in [1.165, 1.54) is 0 Å². The Hall–Kier alpha value is -2.64. The summed E-state index contributed by atoms with van der Waals surface area (Å²) >= 11 is 6.19. The van der Waals surface area contributed by atoms with Crippen LogP contribution in [0.25, 0.3) is 0 Å². The van der Waals surface area contributed by atoms with Gasteiger partial charge in [-0.3, -0.25) is 0 Å². The first-order chi connectivity index (χ1) is 14.2. The highest BCUT2D eigenvalue weighted by Gasteiger charge is 2.30. The topological polar surface area (TPSA) is 70.5 Å². The zero-order valence-corrected chi connectivity index (χ0v) is 17.1. The molecule has 154 valence electrons. The van der Waals surface area contributed by atoms with E-state index in [-0.39, 0.29) is 12.9 Å². The van der Waals surface area contributed by atoms with Gasteiger partial charge in [-0.25, -0.2) is 0 Å². The number of hydrogen-bond donors (Lipinski definition) is 1. The lowest BCUT2D eigenvalue weighted by molar-refractivity contribution is 0.0853. The maximum Gasteiger partial charge on any atom is 0.231 e. The predicted molar refractivity (Wildman–Crippen MR) is 109 cm³/mol. The molecular formula is C21H23ClN2O5. The van der Waals surface area contributed by atoms with Gasteiger partial charge < -0.3 is 29.1 Å². The largest absolute Gasteiger partial charge is 0.493 e. The van der Waals surface area contributed by atoms with E-state index in [2.05, 4.69) is 10.5 Å². The number of oxime groups is 1. The Bertz CT molecular complexity index is 918. The lowest BCUT2D eigenvalue weighted by Crippen LogP contribution is -2.23. The lowest BCUT2D eigenvalue weighted by Gasteiger charge is -2.15. The van der Waals surface area contributed by atoms with E-state index in [1.54, 1.807) is 14.2 Å². The van der Waals surface area contributed by atoms with Crippen LogP contribution in [0.5, 0.6) is 23.0 Å². The zero-order valence-electron chi connectivity index (χ0n) is 16.4. The van der Waals surface area contributed by atoms with Gasteiger partial charge in [-0.15, -0.1) is 0 Å². The number of nitrogens with one attached hydrogen (secondary N) is 1. The maximum atomic E-state index is 6.19. The van der Waals surface area contributed by atoms with Crippen LogP contribution in [-0.4, -0.2) is 39.4 Å². The number of fused-ring (bicyclic) bond motifs is 1. The minimum atomic E-state index is -0.0777. The molecule has 7 nitrogen and oxygen atoms in total. The average Bonchev–Trinajstić information content (AvgIpc) is 3.38. The van der Waals surface area contributed by atoms with Crippen LogP contribution in [0.4, 0.5) is 0 Å². The van der Waals surface area contributed by atoms with Crippen molar-refractivity contribution in [3.8, 4) is 23.0 Å². The summed E-state index contributed by atoms with van der Waals surface area (Å²) in [6, 6.07) is 9.69. The first kappa shape index (κ1) is 19.7. The smallest absolute Gasteiger partial charge is 0.231 e. The van der Waals surface area contributed by atoms with Crippen molar-refractivity contribution in [2.45, 2.75) is 25.5 Å². The number of rotatable bonds is 8. The van der Waals surface area contributed by atoms with Crippen molar-refractivity contribution in [2.75, 3.05) is 27.6 Å². The summed E-state index contributed by atoms with van der Waals surface area (Å²) in [6.45, 7) is 1.47. The number of benzene rings is 2. The second-order valence-corrected chi connectivity index (χ2v) is 7.23. The van der Waals surface area contributed by atoms with Gasteiger partial charge in [0.1, 0.15) is 6.10 Å². The van der Waals surface area contributed by atoms with Crippen LogP contribution >= 0.6 is 11.6 Å². The fourth-order valence-corrected chi connectivity index (χ4v) is 3.72. The molecule has 1 atom stereocenters. The molecule has 0 saturated heterocycles. The van der Waals surface area contributed by atoms with E-state index in [0.29, 0.717) is 42.5 Å². The Morgan fingerprint density at radius 2 is 1.93 bits per heavy atom. The standard InChI is InChI=1S/C21H23ClN2O5/c1-25-18-8-14(19(26-2)21-20(18)27-12-28-21)7-16-9-15(24-29-16)11-23-10-13-5-3-4-6-17(13)22/h3-6,8,16,23H,7,9-12H2,1-2H3/t16-/m0/s1. The lowest BCUT2D eigenvalue weighted by atomic mass is 10.0. The zero-order chi connectivity index (χ0) is 20.2. The molecule has 4 rings (SSSR count). The van der Waals surface area contributed by atoms with Crippen molar-refractivity contribution in [1.29, 1.82) is 0 Å². The Labute approximate surface area is 174 Å². The number of nitrogens with zero attached hydrogens (tertiary/aromatic N) is 1. The summed E-state index contributed by atoms with van der Waals surface area (Å²) in [5, 5.41) is 8.35. The van der Waals surface area contributed by atoms with Crippen LogP contribution in [0.3, 0.4) is 0 Å². The fourth-order valence-electron chi connectivity index (χ4n) is 3.52. The van der Waals surface area contributed by atoms with E-state index in [1.807, 2.05) is 30.3 Å². The molecule has 0 amide bonds. The van der Waals surface area contributed by atoms with Crippen LogP contribution < -0.4 is 24.3 Å². The average molecular weight is 419 g/mol. The third-order valence-electron chi connectivity index (χ3n) is 4.91. The molecule has 2 aromatic rings. The van der Waals surface area contributed by atoms with Gasteiger partial charge in [-0.1, -0.05) is 35.0 Å². The highest BCUT2D eigenvalue weighted by molar-refractivity contribution is 6.31. The van der Waals surface area contributed by atoms with Crippen molar-refractivity contribution < 1.29 is 23.8 Å². The van der Waals surface area contributed by atoms with Crippen LogP contribution in [0.2, 0.25) is 5.02 Å². The van der Waals surface area contributed by atoms with Crippen LogP contribution in [0.15, 0.2) is 35.5 Å². The highest BCUT2D eigenvalue weighted by Crippen LogP contribution is 2.49. The normalized spacial score (nSPS) is 17.1. The van der Waals surface area contributed by atoms with E-state index in [0.717, 1.165) is 28.3 Å². The predicted octanol–water partition coefficient (Wildman–Crippen LogP) is 3.56. The highest BCUT2D eigenvalue weighted by atomic mass is 35.5. The quantitative estimate of drug-likeness (QED) is 0.706. The Kier molecular flexibility index (Phi) is 5.97. The summed E-state index contributed by atoms with van der Waals surface area (Å²) < 4.78 is 22.1. The molecule has 29 heavy (non-hydrogen) atoms. The van der Waals surface area contributed by atoms with Gasteiger partial charge in [0.2, 0.25) is 18.3 Å². The summed E-state index contributed by atoms with van der Waals surface area (Å²) in [5.41, 5.74) is 2.95. The Balaban J connectivity index is 1.36. The van der Waals surface area contributed by atoms with Crippen molar-refractivity contribution >= 4 is 17.3 Å². The van der Waals surface area contributed by atoms with Gasteiger partial charge in [0.15, 0.2) is 11.5 Å². The van der Waals surface area contributed by atoms with E-state index in [9.17, 15) is 0 Å². The Morgan fingerprint density at radius 3 is 2.72 bits per heavy atom. The van der Waals surface area contributed by atoms with Crippen molar-refractivity contribution in [3.05, 3.63) is 46.5 Å². The molecule has 2 aliphatic heterocycles. The molecule has 2 aromatic carbocycles. The molecule has 0 aliphatic carbocycles. The molecule has 0 saturated carbocycles. The number of halogens is 1. The van der Waals surface area contributed by atoms with Gasteiger partial charge in [-0.2, -0.15) is 0 Å². The number of methoxy groups -OCH3 is 2. The van der Waals surface area contributed by atoms with Gasteiger partial charge in [0.25, 0.3) is 0 Å². The molecule has 8 heteroatoms. The first-order valence-corrected chi connectivity index (χ1v) is 9.76. The summed E-state index contributed by atoms with van der Waals surface area (Å²) in [5.74, 6) is 2.41. The van der Waals surface area contributed by atoms with E-state index < -0.39 is 0 Å². The molecule has 1 N–H and O–H groups in total. The second-order valence-electron chi connectivity index (χ2n) is 6.82. The van der Waals surface area contributed by atoms with Gasteiger partial charge in [0.05, 0.1) is 19.9 Å². The monoisotopic (exact) mass is 418 g/mol. The number of hydrogen-bond acceptors (Lipinski definition) is 7. The second kappa shape index (κ2) is 8.80. The van der Waals surface area contributed by atoms with E-state index >= 15 is 0 Å². The third kappa shape index (κ3) is 4.21. The molecule has 0 unspecified atom stereocenters. The molecule has 0 radical (unpaired) electrons. The van der Waals surface area contributed by atoms with E-state index in [4.69, 9.17) is 35.4 Å². The summed E-state index contributed by atoms with van der Waals surface area (Å²) in [4.78, 5) is 5.64. The third-order valence-corrected chi connectivity index (χ3v) is 5.28. The van der Waals surface area contributed by atoms with Gasteiger partial charge in [-0.05, 0) is 17.7 Å². The number of ether oxygens (including phenoxy) is 4. The molecular weight excluding hydrogens is 396 g/mol. The van der Waals surface area contributed by atoms with Crippen LogP contribution in [-0.2, 0) is 17.8 Å². The molecule has 0 aromatic heterocycles. The first-order valence-electron chi connectivity index (χ1n) is 9.38. The van der Waals surface area contributed by atoms with Crippen LogP contribution in [0.1, 0.15) is 17.5 Å². The van der Waals surface area contributed by atoms with Crippen molar-refractivity contribution in [2.24, 2.45) is 5.16 Å². The molecule has 0 spiro atoms. The van der Waals surface area contributed by atoms with Crippen molar-refractivity contribution in [3.63, 3.8) is 0 Å². The molecule has 2 aliphatic rings. The maximum absolute atomic E-state index is 6.19. The summed E-state index contributed by atoms with van der Waals surface area (Å²) in [6.07, 6.45) is 1.27. The van der Waals surface area contributed by atoms with Crippen LogP contribution in [0, 0.1) is 0 Å². The van der Waals surface area contributed by atoms with Crippen molar-refractivity contribution in [1.82, 2.24) is 5.32 Å². The van der Waals surface area contributed by atoms with Gasteiger partial charge >= 0.3 is 0 Å². The van der Waals surface area contributed by atoms with Gasteiger partial charge in [0, 0.05) is 36.5 Å². The molecule has 0 bridgehead atoms. The SMILES string of the molecule is COc1cc(C[C@H]2CC(CNCc3ccccc3Cl)=NO2)c(OC)c2c1OCO2. The fraction of sp³-hybridized carbons (Fsp3) is 0.381. The Morgan fingerprint density at radius 1 is 1.10 bits per heavy atom. The minimum Gasteiger partial charge on any atom is -0.493 e. The molecule has 0 fully saturated rings. The summed E-state index contributed by atoms with van der Waals surface area (Å²) in [7, 11) is 3.22. The molecule has 2 heterocycles. The minimum absolute atomic E-state index is 0.0777.